The van der Waals surface area contributed by atoms with Crippen molar-refractivity contribution in [3.8, 4) is 0 Å². The van der Waals surface area contributed by atoms with Gasteiger partial charge in [-0.05, 0) is 37.0 Å². The van der Waals surface area contributed by atoms with Crippen LogP contribution in [-0.2, 0) is 9.53 Å². The average molecular weight is 266 g/mol. The number of rotatable bonds is 7. The summed E-state index contributed by atoms with van der Waals surface area (Å²) in [7, 11) is 1.52. The van der Waals surface area contributed by atoms with Crippen LogP contribution < -0.4 is 0 Å². The van der Waals surface area contributed by atoms with Crippen molar-refractivity contribution in [2.45, 2.75) is 25.9 Å². The zero-order valence-electron chi connectivity index (χ0n) is 11.2. The minimum absolute atomic E-state index is 0.278. The Balaban J connectivity index is 2.89. The number of ether oxygens (including phenoxy) is 1. The van der Waals surface area contributed by atoms with Gasteiger partial charge in [0.25, 0.3) is 0 Å². The summed E-state index contributed by atoms with van der Waals surface area (Å²) in [5.74, 6) is -1.70. The minimum atomic E-state index is -0.874. The molecule has 1 N–H and O–H groups in total. The van der Waals surface area contributed by atoms with E-state index in [1.807, 2.05) is 0 Å². The largest absolute Gasteiger partial charge is 0.481 e. The highest BCUT2D eigenvalue weighted by Gasteiger charge is 2.22. The highest BCUT2D eigenvalue weighted by molar-refractivity contribution is 5.70. The molecule has 0 heterocycles. The first-order valence-electron chi connectivity index (χ1n) is 6.12. The van der Waals surface area contributed by atoms with E-state index in [1.54, 1.807) is 25.1 Å². The Hall–Kier alpha value is -1.68. The molecule has 0 amide bonds. The van der Waals surface area contributed by atoms with Gasteiger partial charge in [-0.15, -0.1) is 6.58 Å². The zero-order chi connectivity index (χ0) is 14.4. The Bertz CT molecular complexity index is 457. The fraction of sp³-hybridized carbons (Fsp3) is 0.400. The van der Waals surface area contributed by atoms with Gasteiger partial charge < -0.3 is 9.84 Å². The van der Waals surface area contributed by atoms with Gasteiger partial charge in [0, 0.05) is 7.11 Å². The Kier molecular flexibility index (Phi) is 5.70. The van der Waals surface area contributed by atoms with E-state index in [1.165, 1.54) is 13.2 Å². The molecule has 0 aromatic heterocycles. The highest BCUT2D eigenvalue weighted by Crippen LogP contribution is 2.27. The number of carbonyl (C=O) groups is 1. The maximum Gasteiger partial charge on any atom is 0.306 e. The third-order valence-corrected chi connectivity index (χ3v) is 3.14. The first kappa shape index (κ1) is 15.4. The molecular formula is C15H19FO3. The second-order valence-corrected chi connectivity index (χ2v) is 4.53. The van der Waals surface area contributed by atoms with Gasteiger partial charge in [-0.1, -0.05) is 18.2 Å². The van der Waals surface area contributed by atoms with Gasteiger partial charge in [-0.2, -0.15) is 0 Å². The van der Waals surface area contributed by atoms with Crippen molar-refractivity contribution in [2.24, 2.45) is 5.92 Å². The molecule has 0 aliphatic rings. The lowest BCUT2D eigenvalue weighted by atomic mass is 9.93. The monoisotopic (exact) mass is 266 g/mol. The molecule has 104 valence electrons. The van der Waals surface area contributed by atoms with Gasteiger partial charge in [0.2, 0.25) is 0 Å². The predicted octanol–water partition coefficient (Wildman–Crippen LogP) is 3.49. The topological polar surface area (TPSA) is 46.5 Å². The number of halogens is 1. The molecule has 19 heavy (non-hydrogen) atoms. The molecule has 1 rings (SSSR count). The number of allylic oxidation sites excluding steroid dienone is 1. The van der Waals surface area contributed by atoms with Crippen LogP contribution in [-0.4, -0.2) is 18.2 Å². The van der Waals surface area contributed by atoms with Crippen LogP contribution in [0.5, 0.6) is 0 Å². The van der Waals surface area contributed by atoms with Crippen molar-refractivity contribution in [3.05, 3.63) is 47.8 Å². The molecule has 0 aliphatic heterocycles. The molecule has 0 bridgehead atoms. The molecule has 0 saturated heterocycles. The quantitative estimate of drug-likeness (QED) is 0.768. The zero-order valence-corrected chi connectivity index (χ0v) is 11.2. The van der Waals surface area contributed by atoms with Crippen LogP contribution in [0.1, 0.15) is 30.1 Å². The number of hydrogen-bond donors (Lipinski definition) is 1. The summed E-state index contributed by atoms with van der Waals surface area (Å²) < 4.78 is 18.6. The second-order valence-electron chi connectivity index (χ2n) is 4.53. The smallest absolute Gasteiger partial charge is 0.306 e. The first-order chi connectivity index (χ1) is 8.99. The van der Waals surface area contributed by atoms with Crippen LogP contribution in [0.15, 0.2) is 30.9 Å². The van der Waals surface area contributed by atoms with Crippen molar-refractivity contribution in [1.82, 2.24) is 0 Å². The van der Waals surface area contributed by atoms with E-state index in [4.69, 9.17) is 9.84 Å². The van der Waals surface area contributed by atoms with E-state index in [9.17, 15) is 9.18 Å². The number of carboxylic acid groups (broad SMARTS) is 1. The third kappa shape index (κ3) is 4.17. The Morgan fingerprint density at radius 1 is 1.58 bits per heavy atom. The number of benzene rings is 1. The SMILES string of the molecule is C=CC[C@@H](CC(OC)c1ccc(F)c(C)c1)C(=O)O. The summed E-state index contributed by atoms with van der Waals surface area (Å²) in [6, 6.07) is 4.69. The van der Waals surface area contributed by atoms with Gasteiger partial charge in [0.05, 0.1) is 12.0 Å². The fourth-order valence-corrected chi connectivity index (χ4v) is 1.99. The Morgan fingerprint density at radius 2 is 2.26 bits per heavy atom. The van der Waals surface area contributed by atoms with Crippen LogP contribution in [0, 0.1) is 18.7 Å². The summed E-state index contributed by atoms with van der Waals surface area (Å²) in [6.07, 6.45) is 1.94. The number of methoxy groups -OCH3 is 1. The van der Waals surface area contributed by atoms with Gasteiger partial charge in [-0.3, -0.25) is 4.79 Å². The van der Waals surface area contributed by atoms with E-state index < -0.39 is 11.9 Å². The van der Waals surface area contributed by atoms with Crippen LogP contribution in [0.2, 0.25) is 0 Å². The lowest BCUT2D eigenvalue weighted by Crippen LogP contribution is -2.17. The molecule has 0 radical (unpaired) electrons. The minimum Gasteiger partial charge on any atom is -0.481 e. The highest BCUT2D eigenvalue weighted by atomic mass is 19.1. The van der Waals surface area contributed by atoms with Gasteiger partial charge in [0.1, 0.15) is 5.82 Å². The summed E-state index contributed by atoms with van der Waals surface area (Å²) in [4.78, 5) is 11.1. The molecule has 4 heteroatoms. The van der Waals surface area contributed by atoms with E-state index in [-0.39, 0.29) is 11.9 Å². The predicted molar refractivity (Wildman–Crippen MR) is 71.4 cm³/mol. The van der Waals surface area contributed by atoms with Crippen molar-refractivity contribution in [3.63, 3.8) is 0 Å². The van der Waals surface area contributed by atoms with Gasteiger partial charge in [0.15, 0.2) is 0 Å². The molecule has 2 atom stereocenters. The number of hydrogen-bond acceptors (Lipinski definition) is 2. The van der Waals surface area contributed by atoms with E-state index in [0.717, 1.165) is 5.56 Å². The van der Waals surface area contributed by atoms with E-state index in [0.29, 0.717) is 18.4 Å². The van der Waals surface area contributed by atoms with Crippen molar-refractivity contribution in [1.29, 1.82) is 0 Å². The van der Waals surface area contributed by atoms with Crippen molar-refractivity contribution >= 4 is 5.97 Å². The standard InChI is InChI=1S/C15H19FO3/c1-4-5-12(15(17)18)9-14(19-3)11-6-7-13(16)10(2)8-11/h4,6-8,12,14H,1,5,9H2,2-3H3,(H,17,18)/t12-,14?/m0/s1. The van der Waals surface area contributed by atoms with Crippen molar-refractivity contribution < 1.29 is 19.0 Å². The molecule has 0 spiro atoms. The first-order valence-corrected chi connectivity index (χ1v) is 6.12. The fourth-order valence-electron chi connectivity index (χ4n) is 1.99. The molecule has 3 nitrogen and oxygen atoms in total. The summed E-state index contributed by atoms with van der Waals surface area (Å²) >= 11 is 0. The van der Waals surface area contributed by atoms with Crippen LogP contribution in [0.3, 0.4) is 0 Å². The van der Waals surface area contributed by atoms with Crippen LogP contribution in [0.25, 0.3) is 0 Å². The summed E-state index contributed by atoms with van der Waals surface area (Å²) in [5, 5.41) is 9.13. The summed E-state index contributed by atoms with van der Waals surface area (Å²) in [5.41, 5.74) is 1.31. The molecular weight excluding hydrogens is 247 g/mol. The van der Waals surface area contributed by atoms with E-state index in [2.05, 4.69) is 6.58 Å². The molecule has 0 aliphatic carbocycles. The molecule has 1 aromatic carbocycles. The summed E-state index contributed by atoms with van der Waals surface area (Å²) in [6.45, 7) is 5.23. The van der Waals surface area contributed by atoms with Crippen molar-refractivity contribution in [2.75, 3.05) is 7.11 Å². The van der Waals surface area contributed by atoms with Gasteiger partial charge >= 0.3 is 5.97 Å². The van der Waals surface area contributed by atoms with Crippen LogP contribution >= 0.6 is 0 Å². The third-order valence-electron chi connectivity index (χ3n) is 3.14. The normalized spacial score (nSPS) is 13.8. The molecule has 1 aromatic rings. The molecule has 1 unspecified atom stereocenters. The van der Waals surface area contributed by atoms with E-state index >= 15 is 0 Å². The molecule has 0 fully saturated rings. The maximum absolute atomic E-state index is 13.2. The second kappa shape index (κ2) is 7.04. The maximum atomic E-state index is 13.2. The number of aryl methyl sites for hydroxylation is 1. The lowest BCUT2D eigenvalue weighted by Gasteiger charge is -2.20. The van der Waals surface area contributed by atoms with Gasteiger partial charge in [-0.25, -0.2) is 4.39 Å². The lowest BCUT2D eigenvalue weighted by molar-refractivity contribution is -0.143. The average Bonchev–Trinajstić information content (AvgIpc) is 2.37. The number of aliphatic carboxylic acids is 1. The Morgan fingerprint density at radius 3 is 2.74 bits per heavy atom. The molecule has 0 saturated carbocycles. The Labute approximate surface area is 112 Å². The number of carboxylic acids is 1. The van der Waals surface area contributed by atoms with Crippen LogP contribution in [0.4, 0.5) is 4.39 Å².